The molecule has 0 aliphatic carbocycles. The Hall–Kier alpha value is -2.21. The van der Waals surface area contributed by atoms with E-state index in [4.69, 9.17) is 4.74 Å². The molecule has 0 spiro atoms. The molecule has 5 heteroatoms. The molecule has 166 valence electrons. The van der Waals surface area contributed by atoms with Crippen molar-refractivity contribution in [3.05, 3.63) is 83.0 Å². The van der Waals surface area contributed by atoms with E-state index in [-0.39, 0.29) is 6.04 Å². The molecule has 0 unspecified atom stereocenters. The SMILES string of the molecule is C=C[C@@H]1C[N@+]2(Cc3ccccc3Br)CC[C@H]1C[C@H]2[C@@H](O)c1ccnc2ccc(OC)cc12. The molecular weight excluding hydrogens is 464 g/mol. The van der Waals surface area contributed by atoms with E-state index in [0.29, 0.717) is 11.8 Å². The van der Waals surface area contributed by atoms with Gasteiger partial charge in [0.05, 0.1) is 25.7 Å². The molecule has 5 atom stereocenters. The zero-order valence-corrected chi connectivity index (χ0v) is 20.0. The van der Waals surface area contributed by atoms with E-state index in [9.17, 15) is 5.11 Å². The molecule has 1 aromatic heterocycles. The second-order valence-corrected chi connectivity index (χ2v) is 10.2. The lowest BCUT2D eigenvalue weighted by Crippen LogP contribution is -2.67. The van der Waals surface area contributed by atoms with Crippen molar-refractivity contribution < 1.29 is 14.3 Å². The summed E-state index contributed by atoms with van der Waals surface area (Å²) in [6.45, 7) is 7.17. The smallest absolute Gasteiger partial charge is 0.131 e. The fraction of sp³-hybridized carbons (Fsp3) is 0.370. The van der Waals surface area contributed by atoms with Gasteiger partial charge in [0, 0.05) is 40.4 Å². The van der Waals surface area contributed by atoms with Gasteiger partial charge in [-0.25, -0.2) is 0 Å². The molecule has 3 fully saturated rings. The van der Waals surface area contributed by atoms with Gasteiger partial charge in [0.25, 0.3) is 0 Å². The number of halogens is 1. The first kappa shape index (κ1) is 21.6. The lowest BCUT2D eigenvalue weighted by molar-refractivity contribution is -0.985. The van der Waals surface area contributed by atoms with E-state index >= 15 is 0 Å². The van der Waals surface area contributed by atoms with Gasteiger partial charge in [0.2, 0.25) is 0 Å². The summed E-state index contributed by atoms with van der Waals surface area (Å²) in [5.74, 6) is 1.88. The van der Waals surface area contributed by atoms with Crippen LogP contribution in [0.15, 0.2) is 71.9 Å². The summed E-state index contributed by atoms with van der Waals surface area (Å²) in [6, 6.07) is 16.5. The quantitative estimate of drug-likeness (QED) is 0.356. The van der Waals surface area contributed by atoms with Gasteiger partial charge in [-0.2, -0.15) is 0 Å². The lowest BCUT2D eigenvalue weighted by atomic mass is 9.71. The molecule has 4 heterocycles. The number of methoxy groups -OCH3 is 1. The predicted molar refractivity (Wildman–Crippen MR) is 131 cm³/mol. The minimum Gasteiger partial charge on any atom is -0.497 e. The highest BCUT2D eigenvalue weighted by Gasteiger charge is 2.54. The molecule has 32 heavy (non-hydrogen) atoms. The summed E-state index contributed by atoms with van der Waals surface area (Å²) in [4.78, 5) is 4.52. The number of hydrogen-bond donors (Lipinski definition) is 1. The Bertz CT molecular complexity index is 1150. The fourth-order valence-electron chi connectivity index (χ4n) is 6.09. The minimum atomic E-state index is -0.566. The van der Waals surface area contributed by atoms with E-state index in [1.54, 1.807) is 7.11 Å². The van der Waals surface area contributed by atoms with E-state index in [1.165, 1.54) is 12.0 Å². The van der Waals surface area contributed by atoms with Crippen LogP contribution in [0.5, 0.6) is 5.75 Å². The number of piperidine rings is 3. The maximum absolute atomic E-state index is 11.9. The highest BCUT2D eigenvalue weighted by molar-refractivity contribution is 9.10. The first-order chi connectivity index (χ1) is 15.5. The van der Waals surface area contributed by atoms with Crippen molar-refractivity contribution in [3.63, 3.8) is 0 Å². The molecule has 1 N–H and O–H groups in total. The zero-order chi connectivity index (χ0) is 22.3. The van der Waals surface area contributed by atoms with Crippen LogP contribution in [0.3, 0.4) is 0 Å². The standard InChI is InChI=1S/C27H30BrN2O2/c1-3-18-16-30(17-20-6-4-5-7-24(20)28)13-11-19(18)14-26(30)27(31)22-10-12-29-25-9-8-21(32-2)15-23(22)25/h3-10,12,15,18-19,26-27,31H,1,11,13-14,16-17H2,2H3/q+1/t18-,19+,26+,27+,30+/m1/s1. The summed E-state index contributed by atoms with van der Waals surface area (Å²) in [5, 5.41) is 12.9. The van der Waals surface area contributed by atoms with Crippen LogP contribution in [0.25, 0.3) is 10.9 Å². The Morgan fingerprint density at radius 2 is 2.12 bits per heavy atom. The molecule has 3 saturated heterocycles. The third-order valence-corrected chi connectivity index (χ3v) is 8.56. The van der Waals surface area contributed by atoms with Crippen molar-refractivity contribution >= 4 is 26.8 Å². The third-order valence-electron chi connectivity index (χ3n) is 7.78. The molecular formula is C27H30BrN2O2+. The maximum Gasteiger partial charge on any atom is 0.131 e. The molecule has 0 saturated carbocycles. The first-order valence-electron chi connectivity index (χ1n) is 11.4. The van der Waals surface area contributed by atoms with Gasteiger partial charge < -0.3 is 14.3 Å². The molecule has 4 nitrogen and oxygen atoms in total. The van der Waals surface area contributed by atoms with Crippen LogP contribution in [0.2, 0.25) is 0 Å². The Labute approximate surface area is 198 Å². The number of pyridine rings is 1. The predicted octanol–water partition coefficient (Wildman–Crippen LogP) is 5.65. The average molecular weight is 494 g/mol. The number of aromatic nitrogens is 1. The number of fused-ring (bicyclic) bond motifs is 4. The summed E-state index contributed by atoms with van der Waals surface area (Å²) in [6.07, 6.45) is 5.59. The van der Waals surface area contributed by atoms with Crippen LogP contribution in [0, 0.1) is 11.8 Å². The summed E-state index contributed by atoms with van der Waals surface area (Å²) >= 11 is 3.76. The maximum atomic E-state index is 11.9. The fourth-order valence-corrected chi connectivity index (χ4v) is 6.50. The molecule has 2 aromatic carbocycles. The van der Waals surface area contributed by atoms with Crippen molar-refractivity contribution in [1.29, 1.82) is 0 Å². The first-order valence-corrected chi connectivity index (χ1v) is 12.2. The normalized spacial score (nSPS) is 27.9. The molecule has 3 aromatic rings. The molecule has 3 aliphatic heterocycles. The number of aliphatic hydroxyl groups is 1. The van der Waals surface area contributed by atoms with E-state index in [2.05, 4.69) is 57.8 Å². The topological polar surface area (TPSA) is 42.4 Å². The Morgan fingerprint density at radius 1 is 1.28 bits per heavy atom. The van der Waals surface area contributed by atoms with E-state index in [1.807, 2.05) is 30.5 Å². The van der Waals surface area contributed by atoms with E-state index in [0.717, 1.165) is 57.2 Å². The van der Waals surface area contributed by atoms with Crippen molar-refractivity contribution in [3.8, 4) is 5.75 Å². The number of ether oxygens (including phenoxy) is 1. The van der Waals surface area contributed by atoms with Crippen molar-refractivity contribution in [2.45, 2.75) is 31.5 Å². The van der Waals surface area contributed by atoms with Crippen LogP contribution in [0.4, 0.5) is 0 Å². The second kappa shape index (κ2) is 8.62. The number of nitrogens with zero attached hydrogens (tertiary/aromatic N) is 2. The van der Waals surface area contributed by atoms with Gasteiger partial charge in [-0.3, -0.25) is 4.98 Å². The van der Waals surface area contributed by atoms with Crippen molar-refractivity contribution in [1.82, 2.24) is 4.98 Å². The average Bonchev–Trinajstić information content (AvgIpc) is 2.84. The lowest BCUT2D eigenvalue weighted by Gasteiger charge is -2.58. The zero-order valence-electron chi connectivity index (χ0n) is 18.5. The third kappa shape index (κ3) is 3.66. The number of aliphatic hydroxyl groups excluding tert-OH is 1. The van der Waals surface area contributed by atoms with Gasteiger partial charge in [0.1, 0.15) is 24.4 Å². The molecule has 6 rings (SSSR count). The van der Waals surface area contributed by atoms with Gasteiger partial charge in [-0.15, -0.1) is 6.58 Å². The number of rotatable bonds is 6. The Morgan fingerprint density at radius 3 is 2.91 bits per heavy atom. The monoisotopic (exact) mass is 493 g/mol. The Balaban J connectivity index is 1.57. The minimum absolute atomic E-state index is 0.133. The van der Waals surface area contributed by atoms with Crippen LogP contribution in [0.1, 0.15) is 30.1 Å². The van der Waals surface area contributed by atoms with Crippen LogP contribution >= 0.6 is 15.9 Å². The van der Waals surface area contributed by atoms with Crippen LogP contribution in [-0.4, -0.2) is 40.8 Å². The van der Waals surface area contributed by atoms with Crippen LogP contribution < -0.4 is 4.74 Å². The number of benzene rings is 2. The van der Waals surface area contributed by atoms with Crippen LogP contribution in [-0.2, 0) is 6.54 Å². The number of quaternary nitrogens is 1. The van der Waals surface area contributed by atoms with E-state index < -0.39 is 6.10 Å². The number of hydrogen-bond acceptors (Lipinski definition) is 3. The largest absolute Gasteiger partial charge is 0.497 e. The Kier molecular flexibility index (Phi) is 5.82. The van der Waals surface area contributed by atoms with Gasteiger partial charge in [-0.1, -0.05) is 40.2 Å². The second-order valence-electron chi connectivity index (χ2n) is 9.35. The summed E-state index contributed by atoms with van der Waals surface area (Å²) < 4.78 is 7.50. The van der Waals surface area contributed by atoms with Gasteiger partial charge >= 0.3 is 0 Å². The van der Waals surface area contributed by atoms with Crippen molar-refractivity contribution in [2.24, 2.45) is 11.8 Å². The molecule has 3 aliphatic rings. The van der Waals surface area contributed by atoms with Gasteiger partial charge in [0.15, 0.2) is 0 Å². The molecule has 0 radical (unpaired) electrons. The van der Waals surface area contributed by atoms with Crippen molar-refractivity contribution in [2.75, 3.05) is 20.2 Å². The molecule has 0 amide bonds. The molecule has 2 bridgehead atoms. The summed E-state index contributed by atoms with van der Waals surface area (Å²) in [5.41, 5.74) is 3.14. The summed E-state index contributed by atoms with van der Waals surface area (Å²) in [7, 11) is 1.67. The highest BCUT2D eigenvalue weighted by atomic mass is 79.9. The van der Waals surface area contributed by atoms with Gasteiger partial charge in [-0.05, 0) is 41.8 Å². The highest BCUT2D eigenvalue weighted by Crippen LogP contribution is 2.48.